The van der Waals surface area contributed by atoms with Gasteiger partial charge in [0.2, 0.25) is 5.91 Å². The number of nitrogens with one attached hydrogen (secondary N) is 2. The number of para-hydroxylation sites is 1. The second-order valence-corrected chi connectivity index (χ2v) is 6.41. The van der Waals surface area contributed by atoms with E-state index in [4.69, 9.17) is 23.8 Å². The van der Waals surface area contributed by atoms with Crippen LogP contribution in [0.1, 0.15) is 12.0 Å². The Kier molecular flexibility index (Phi) is 5.31. The minimum atomic E-state index is -0.193. The number of benzene rings is 2. The Morgan fingerprint density at radius 2 is 2.00 bits per heavy atom. The Morgan fingerprint density at radius 3 is 2.80 bits per heavy atom. The molecular weight excluding hydrogens is 358 g/mol. The molecule has 3 aromatic rings. The van der Waals surface area contributed by atoms with Crippen molar-refractivity contribution in [1.29, 1.82) is 0 Å². The number of halogens is 1. The zero-order valence-electron chi connectivity index (χ0n) is 13.3. The van der Waals surface area contributed by atoms with Crippen molar-refractivity contribution in [3.05, 3.63) is 74.2 Å². The van der Waals surface area contributed by atoms with Crippen LogP contribution in [0.4, 0.5) is 0 Å². The van der Waals surface area contributed by atoms with Crippen molar-refractivity contribution in [3.8, 4) is 0 Å². The summed E-state index contributed by atoms with van der Waals surface area (Å²) in [7, 11) is 0. The number of aromatic nitrogens is 2. The summed E-state index contributed by atoms with van der Waals surface area (Å²) in [6.07, 6.45) is 0.163. The van der Waals surface area contributed by atoms with Gasteiger partial charge in [-0.25, -0.2) is 0 Å². The monoisotopic (exact) mass is 373 g/mol. The van der Waals surface area contributed by atoms with Gasteiger partial charge in [-0.1, -0.05) is 35.9 Å². The molecule has 0 unspecified atom stereocenters. The van der Waals surface area contributed by atoms with Crippen molar-refractivity contribution in [2.75, 3.05) is 0 Å². The average Bonchev–Trinajstić information content (AvgIpc) is 2.60. The third-order valence-corrected chi connectivity index (χ3v) is 4.39. The van der Waals surface area contributed by atoms with Crippen molar-refractivity contribution < 1.29 is 4.79 Å². The maximum Gasteiger partial charge on any atom is 0.262 e. The van der Waals surface area contributed by atoms with Crippen LogP contribution in [-0.2, 0) is 17.9 Å². The zero-order chi connectivity index (χ0) is 17.8. The second kappa shape index (κ2) is 7.63. The van der Waals surface area contributed by atoms with Crippen LogP contribution in [0.2, 0.25) is 5.02 Å². The number of hydrogen-bond donors (Lipinski definition) is 2. The van der Waals surface area contributed by atoms with Gasteiger partial charge in [-0.3, -0.25) is 14.2 Å². The summed E-state index contributed by atoms with van der Waals surface area (Å²) in [5, 5.41) is 3.99. The van der Waals surface area contributed by atoms with Crippen LogP contribution < -0.4 is 10.9 Å². The molecule has 128 valence electrons. The molecule has 0 atom stereocenters. The Balaban J connectivity index is 1.67. The first kappa shape index (κ1) is 17.4. The SMILES string of the molecule is O=C(CCn1c(=S)[nH]c2ccccc2c1=O)NCc1cccc(Cl)c1. The van der Waals surface area contributed by atoms with Crippen molar-refractivity contribution in [2.45, 2.75) is 19.5 Å². The van der Waals surface area contributed by atoms with Crippen molar-refractivity contribution in [2.24, 2.45) is 0 Å². The predicted molar refractivity (Wildman–Crippen MR) is 101 cm³/mol. The lowest BCUT2D eigenvalue weighted by Crippen LogP contribution is -2.28. The Bertz CT molecular complexity index is 1040. The lowest BCUT2D eigenvalue weighted by molar-refractivity contribution is -0.121. The fourth-order valence-electron chi connectivity index (χ4n) is 2.55. The van der Waals surface area contributed by atoms with Crippen LogP contribution in [0.25, 0.3) is 10.9 Å². The number of nitrogens with zero attached hydrogens (tertiary/aromatic N) is 1. The van der Waals surface area contributed by atoms with Gasteiger partial charge < -0.3 is 10.3 Å². The molecule has 0 spiro atoms. The summed E-state index contributed by atoms with van der Waals surface area (Å²) in [6, 6.07) is 14.5. The van der Waals surface area contributed by atoms with Gasteiger partial charge in [0.1, 0.15) is 0 Å². The van der Waals surface area contributed by atoms with E-state index in [0.29, 0.717) is 27.2 Å². The van der Waals surface area contributed by atoms with E-state index in [-0.39, 0.29) is 24.4 Å². The van der Waals surface area contributed by atoms with Crippen LogP contribution in [0.15, 0.2) is 53.3 Å². The number of hydrogen-bond acceptors (Lipinski definition) is 3. The average molecular weight is 374 g/mol. The molecule has 1 amide bonds. The molecule has 2 N–H and O–H groups in total. The highest BCUT2D eigenvalue weighted by Crippen LogP contribution is 2.10. The molecular formula is C18H16ClN3O2S. The standard InChI is InChI=1S/C18H16ClN3O2S/c19-13-5-3-4-12(10-13)11-20-16(23)8-9-22-17(24)14-6-1-2-7-15(14)21-18(22)25/h1-7,10H,8-9,11H2,(H,20,23)(H,21,25). The Morgan fingerprint density at radius 1 is 1.20 bits per heavy atom. The van der Waals surface area contributed by atoms with E-state index in [2.05, 4.69) is 10.3 Å². The molecule has 7 heteroatoms. The molecule has 2 aromatic carbocycles. The molecule has 0 radical (unpaired) electrons. The maximum atomic E-state index is 12.5. The van der Waals surface area contributed by atoms with Gasteiger partial charge in [-0.2, -0.15) is 0 Å². The molecule has 0 saturated carbocycles. The fourth-order valence-corrected chi connectivity index (χ4v) is 3.05. The first-order chi connectivity index (χ1) is 12.0. The van der Waals surface area contributed by atoms with Crippen LogP contribution in [-0.4, -0.2) is 15.5 Å². The number of aromatic amines is 1. The quantitative estimate of drug-likeness (QED) is 0.673. The van der Waals surface area contributed by atoms with E-state index >= 15 is 0 Å². The van der Waals surface area contributed by atoms with Gasteiger partial charge in [-0.05, 0) is 42.0 Å². The van der Waals surface area contributed by atoms with Gasteiger partial charge in [0.15, 0.2) is 4.77 Å². The molecule has 1 aromatic heterocycles. The van der Waals surface area contributed by atoms with Gasteiger partial charge >= 0.3 is 0 Å². The van der Waals surface area contributed by atoms with Crippen molar-refractivity contribution >= 4 is 40.6 Å². The minimum Gasteiger partial charge on any atom is -0.352 e. The highest BCUT2D eigenvalue weighted by molar-refractivity contribution is 7.71. The number of rotatable bonds is 5. The smallest absolute Gasteiger partial charge is 0.262 e. The van der Waals surface area contributed by atoms with Crippen LogP contribution in [0.3, 0.4) is 0 Å². The third kappa shape index (κ3) is 4.15. The second-order valence-electron chi connectivity index (χ2n) is 5.59. The van der Waals surface area contributed by atoms with E-state index in [0.717, 1.165) is 5.56 Å². The maximum absolute atomic E-state index is 12.5. The molecule has 5 nitrogen and oxygen atoms in total. The summed E-state index contributed by atoms with van der Waals surface area (Å²) in [4.78, 5) is 27.6. The molecule has 0 aliphatic carbocycles. The number of fused-ring (bicyclic) bond motifs is 1. The molecule has 0 saturated heterocycles. The largest absolute Gasteiger partial charge is 0.352 e. The van der Waals surface area contributed by atoms with E-state index in [1.54, 1.807) is 30.3 Å². The van der Waals surface area contributed by atoms with E-state index in [1.165, 1.54) is 4.57 Å². The summed E-state index contributed by atoms with van der Waals surface area (Å²) in [5.74, 6) is -0.158. The van der Waals surface area contributed by atoms with E-state index in [1.807, 2.05) is 18.2 Å². The van der Waals surface area contributed by atoms with Crippen molar-refractivity contribution in [3.63, 3.8) is 0 Å². The summed E-state index contributed by atoms with van der Waals surface area (Å²) >= 11 is 11.2. The molecule has 3 rings (SSSR count). The Hall–Kier alpha value is -2.44. The van der Waals surface area contributed by atoms with Crippen LogP contribution >= 0.6 is 23.8 Å². The van der Waals surface area contributed by atoms with Gasteiger partial charge in [-0.15, -0.1) is 0 Å². The van der Waals surface area contributed by atoms with Gasteiger partial charge in [0.25, 0.3) is 5.56 Å². The molecule has 25 heavy (non-hydrogen) atoms. The number of carbonyl (C=O) groups is 1. The Labute approximate surface area is 154 Å². The molecule has 0 aliphatic heterocycles. The minimum absolute atomic E-state index is 0.158. The highest BCUT2D eigenvalue weighted by atomic mass is 35.5. The summed E-state index contributed by atoms with van der Waals surface area (Å²) < 4.78 is 1.72. The molecule has 1 heterocycles. The number of carbonyl (C=O) groups excluding carboxylic acids is 1. The number of H-pyrrole nitrogens is 1. The van der Waals surface area contributed by atoms with Gasteiger partial charge in [0, 0.05) is 24.5 Å². The molecule has 0 fully saturated rings. The lowest BCUT2D eigenvalue weighted by Gasteiger charge is -2.09. The fraction of sp³-hybridized carbons (Fsp3) is 0.167. The van der Waals surface area contributed by atoms with Gasteiger partial charge in [0.05, 0.1) is 10.9 Å². The lowest BCUT2D eigenvalue weighted by atomic mass is 10.2. The summed E-state index contributed by atoms with van der Waals surface area (Å²) in [6.45, 7) is 0.610. The first-order valence-corrected chi connectivity index (χ1v) is 8.56. The van der Waals surface area contributed by atoms with Crippen molar-refractivity contribution in [1.82, 2.24) is 14.9 Å². The van der Waals surface area contributed by atoms with E-state index in [9.17, 15) is 9.59 Å². The topological polar surface area (TPSA) is 66.9 Å². The number of amides is 1. The van der Waals surface area contributed by atoms with Crippen LogP contribution in [0.5, 0.6) is 0 Å². The molecule has 0 aliphatic rings. The summed E-state index contributed by atoms with van der Waals surface area (Å²) in [5.41, 5.74) is 1.42. The third-order valence-electron chi connectivity index (χ3n) is 3.83. The molecule has 0 bridgehead atoms. The predicted octanol–water partition coefficient (Wildman–Crippen LogP) is 3.42. The first-order valence-electron chi connectivity index (χ1n) is 7.77. The van der Waals surface area contributed by atoms with E-state index < -0.39 is 0 Å². The highest BCUT2D eigenvalue weighted by Gasteiger charge is 2.08. The van der Waals surface area contributed by atoms with Crippen LogP contribution in [0, 0.1) is 4.77 Å². The normalized spacial score (nSPS) is 10.8. The zero-order valence-corrected chi connectivity index (χ0v) is 14.9.